The van der Waals surface area contributed by atoms with Crippen molar-refractivity contribution in [3.05, 3.63) is 100 Å². The van der Waals surface area contributed by atoms with E-state index in [0.29, 0.717) is 23.8 Å². The number of aliphatic hydroxyl groups excluding tert-OH is 1. The highest BCUT2D eigenvalue weighted by atomic mass is 16.5. The minimum atomic E-state index is -0.741. The lowest BCUT2D eigenvalue weighted by atomic mass is 9.93. The number of ketones is 1. The van der Waals surface area contributed by atoms with Crippen molar-refractivity contribution in [1.82, 2.24) is 0 Å². The fourth-order valence-electron chi connectivity index (χ4n) is 4.33. The zero-order chi connectivity index (χ0) is 25.3. The first-order valence-electron chi connectivity index (χ1n) is 11.9. The molecule has 1 fully saturated rings. The SMILES string of the molecule is Cc1ccc(N2C(=O)C(=O)/C(=C(\O)c3ccc(OCC(C)C)c(C)c3)C2c2cccc(C)c2)cc1. The number of anilines is 1. The van der Waals surface area contributed by atoms with Crippen LogP contribution in [0.4, 0.5) is 5.69 Å². The molecule has 1 atom stereocenters. The minimum absolute atomic E-state index is 0.0800. The third-order valence-corrected chi connectivity index (χ3v) is 6.13. The monoisotopic (exact) mass is 469 g/mol. The highest BCUT2D eigenvalue weighted by molar-refractivity contribution is 6.51. The van der Waals surface area contributed by atoms with E-state index in [-0.39, 0.29) is 11.3 Å². The van der Waals surface area contributed by atoms with E-state index in [1.54, 1.807) is 18.2 Å². The van der Waals surface area contributed by atoms with Gasteiger partial charge in [0.2, 0.25) is 0 Å². The van der Waals surface area contributed by atoms with Crippen molar-refractivity contribution in [3.63, 3.8) is 0 Å². The molecule has 3 aromatic carbocycles. The number of nitrogens with zero attached hydrogens (tertiary/aromatic N) is 1. The number of rotatable bonds is 6. The fraction of sp³-hybridized carbons (Fsp3) is 0.267. The second-order valence-corrected chi connectivity index (χ2v) is 9.60. The van der Waals surface area contributed by atoms with Crippen LogP contribution in [0.2, 0.25) is 0 Å². The molecule has 0 saturated carbocycles. The first-order chi connectivity index (χ1) is 16.7. The molecule has 3 aromatic rings. The van der Waals surface area contributed by atoms with Gasteiger partial charge in [-0.15, -0.1) is 0 Å². The normalized spacial score (nSPS) is 17.3. The zero-order valence-corrected chi connectivity index (χ0v) is 20.8. The molecule has 1 aliphatic rings. The molecule has 4 rings (SSSR count). The maximum atomic E-state index is 13.3. The molecule has 5 heteroatoms. The molecule has 0 bridgehead atoms. The molecule has 1 unspecified atom stereocenters. The summed E-state index contributed by atoms with van der Waals surface area (Å²) in [5.41, 5.74) is 4.81. The van der Waals surface area contributed by atoms with Crippen LogP contribution in [0.3, 0.4) is 0 Å². The number of carbonyl (C=O) groups excluding carboxylic acids is 2. The average molecular weight is 470 g/mol. The molecular weight excluding hydrogens is 438 g/mol. The molecule has 1 heterocycles. The number of ether oxygens (including phenoxy) is 1. The van der Waals surface area contributed by atoms with Gasteiger partial charge in [0.25, 0.3) is 11.7 Å². The predicted octanol–water partition coefficient (Wildman–Crippen LogP) is 6.27. The second kappa shape index (κ2) is 9.79. The highest BCUT2D eigenvalue weighted by Crippen LogP contribution is 2.42. The summed E-state index contributed by atoms with van der Waals surface area (Å²) in [5, 5.41) is 11.4. The van der Waals surface area contributed by atoms with Crippen LogP contribution < -0.4 is 9.64 Å². The number of carbonyl (C=O) groups is 2. The smallest absolute Gasteiger partial charge is 0.300 e. The van der Waals surface area contributed by atoms with Crippen LogP contribution in [0, 0.1) is 26.7 Å². The van der Waals surface area contributed by atoms with Crippen molar-refractivity contribution in [2.45, 2.75) is 40.7 Å². The lowest BCUT2D eigenvalue weighted by Gasteiger charge is -2.26. The summed E-state index contributed by atoms with van der Waals surface area (Å²) in [7, 11) is 0. The summed E-state index contributed by atoms with van der Waals surface area (Å²) in [6.07, 6.45) is 0. The van der Waals surface area contributed by atoms with Crippen molar-refractivity contribution in [2.75, 3.05) is 11.5 Å². The topological polar surface area (TPSA) is 66.8 Å². The molecule has 0 aliphatic carbocycles. The Labute approximate surface area is 206 Å². The van der Waals surface area contributed by atoms with E-state index >= 15 is 0 Å². The Morgan fingerprint density at radius 1 is 0.943 bits per heavy atom. The summed E-state index contributed by atoms with van der Waals surface area (Å²) >= 11 is 0. The largest absolute Gasteiger partial charge is 0.507 e. The fourth-order valence-corrected chi connectivity index (χ4v) is 4.33. The van der Waals surface area contributed by atoms with Crippen LogP contribution in [0.5, 0.6) is 5.75 Å². The molecule has 0 spiro atoms. The van der Waals surface area contributed by atoms with Gasteiger partial charge in [0, 0.05) is 11.3 Å². The van der Waals surface area contributed by atoms with Crippen molar-refractivity contribution >= 4 is 23.1 Å². The third kappa shape index (κ3) is 4.85. The van der Waals surface area contributed by atoms with Crippen molar-refractivity contribution < 1.29 is 19.4 Å². The van der Waals surface area contributed by atoms with Crippen molar-refractivity contribution in [2.24, 2.45) is 5.92 Å². The van der Waals surface area contributed by atoms with Crippen LogP contribution in [-0.2, 0) is 9.59 Å². The summed E-state index contributed by atoms with van der Waals surface area (Å²) < 4.78 is 5.86. The van der Waals surface area contributed by atoms with Gasteiger partial charge in [0.05, 0.1) is 18.2 Å². The van der Waals surface area contributed by atoms with Gasteiger partial charge < -0.3 is 9.84 Å². The summed E-state index contributed by atoms with van der Waals surface area (Å²) in [5.74, 6) is -0.439. The van der Waals surface area contributed by atoms with Crippen LogP contribution in [0.15, 0.2) is 72.3 Å². The molecule has 0 radical (unpaired) electrons. The maximum absolute atomic E-state index is 13.3. The van der Waals surface area contributed by atoms with E-state index in [0.717, 1.165) is 28.0 Å². The van der Waals surface area contributed by atoms with Crippen LogP contribution in [0.1, 0.15) is 47.7 Å². The van der Waals surface area contributed by atoms with Gasteiger partial charge in [-0.2, -0.15) is 0 Å². The average Bonchev–Trinajstić information content (AvgIpc) is 3.08. The lowest BCUT2D eigenvalue weighted by Crippen LogP contribution is -2.29. The van der Waals surface area contributed by atoms with Gasteiger partial charge in [-0.1, -0.05) is 61.4 Å². The van der Waals surface area contributed by atoms with E-state index in [2.05, 4.69) is 13.8 Å². The predicted molar refractivity (Wildman–Crippen MR) is 139 cm³/mol. The van der Waals surface area contributed by atoms with E-state index in [4.69, 9.17) is 4.74 Å². The van der Waals surface area contributed by atoms with Gasteiger partial charge >= 0.3 is 0 Å². The Balaban J connectivity index is 1.85. The van der Waals surface area contributed by atoms with Crippen LogP contribution in [0.25, 0.3) is 5.76 Å². The number of benzene rings is 3. The molecule has 1 N–H and O–H groups in total. The van der Waals surface area contributed by atoms with E-state index in [9.17, 15) is 14.7 Å². The van der Waals surface area contributed by atoms with Crippen molar-refractivity contribution in [3.8, 4) is 5.75 Å². The Hall–Kier alpha value is -3.86. The van der Waals surface area contributed by atoms with Crippen LogP contribution >= 0.6 is 0 Å². The highest BCUT2D eigenvalue weighted by Gasteiger charge is 2.47. The second-order valence-electron chi connectivity index (χ2n) is 9.60. The molecule has 0 aromatic heterocycles. The molecule has 5 nitrogen and oxygen atoms in total. The van der Waals surface area contributed by atoms with E-state index < -0.39 is 17.7 Å². The zero-order valence-electron chi connectivity index (χ0n) is 20.8. The molecule has 35 heavy (non-hydrogen) atoms. The van der Waals surface area contributed by atoms with Crippen LogP contribution in [-0.4, -0.2) is 23.4 Å². The number of Topliss-reactive ketones (excluding diaryl/α,β-unsaturated/α-hetero) is 1. The van der Waals surface area contributed by atoms with Gasteiger partial charge in [-0.05, 0) is 68.1 Å². The Morgan fingerprint density at radius 3 is 2.29 bits per heavy atom. The number of aliphatic hydroxyl groups is 1. The summed E-state index contributed by atoms with van der Waals surface area (Å²) in [4.78, 5) is 28.1. The molecule has 1 amide bonds. The number of hydrogen-bond donors (Lipinski definition) is 1. The van der Waals surface area contributed by atoms with Gasteiger partial charge in [-0.25, -0.2) is 0 Å². The van der Waals surface area contributed by atoms with E-state index in [1.807, 2.05) is 69.3 Å². The first-order valence-corrected chi connectivity index (χ1v) is 11.9. The molecule has 1 saturated heterocycles. The minimum Gasteiger partial charge on any atom is -0.507 e. The van der Waals surface area contributed by atoms with Gasteiger partial charge in [0.15, 0.2) is 0 Å². The third-order valence-electron chi connectivity index (χ3n) is 6.13. The Morgan fingerprint density at radius 2 is 1.66 bits per heavy atom. The van der Waals surface area contributed by atoms with Gasteiger partial charge in [0.1, 0.15) is 11.5 Å². The summed E-state index contributed by atoms with van der Waals surface area (Å²) in [6.45, 7) is 10.6. The Bertz CT molecular complexity index is 1300. The molecular formula is C30H31NO4. The lowest BCUT2D eigenvalue weighted by molar-refractivity contribution is -0.132. The number of amides is 1. The quantitative estimate of drug-likeness (QED) is 0.262. The van der Waals surface area contributed by atoms with Gasteiger partial charge in [-0.3, -0.25) is 14.5 Å². The molecule has 180 valence electrons. The molecule has 1 aliphatic heterocycles. The number of aryl methyl sites for hydroxylation is 3. The van der Waals surface area contributed by atoms with Crippen molar-refractivity contribution in [1.29, 1.82) is 0 Å². The number of hydrogen-bond acceptors (Lipinski definition) is 4. The summed E-state index contributed by atoms with van der Waals surface area (Å²) in [6, 6.07) is 19.7. The Kier molecular flexibility index (Phi) is 6.79. The standard InChI is InChI=1S/C30H31NO4/c1-18(2)17-35-25-14-11-23(16-21(25)5)28(32)26-27(22-8-6-7-20(4)15-22)31(30(34)29(26)33)24-12-9-19(3)10-13-24/h6-16,18,27,32H,17H2,1-5H3/b28-26-. The maximum Gasteiger partial charge on any atom is 0.300 e. The first kappa shape index (κ1) is 24.3. The van der Waals surface area contributed by atoms with E-state index in [1.165, 1.54) is 4.90 Å².